The Morgan fingerprint density at radius 1 is 0.929 bits per heavy atom. The van der Waals surface area contributed by atoms with E-state index in [1.165, 1.54) is 0 Å². The lowest BCUT2D eigenvalue weighted by molar-refractivity contribution is -0.127. The van der Waals surface area contributed by atoms with Gasteiger partial charge in [-0.3, -0.25) is 9.59 Å². The van der Waals surface area contributed by atoms with Crippen LogP contribution in [-0.2, 0) is 27.4 Å². The van der Waals surface area contributed by atoms with E-state index in [0.717, 1.165) is 17.5 Å². The summed E-state index contributed by atoms with van der Waals surface area (Å²) in [6.45, 7) is -0.187. The molecule has 0 aliphatic heterocycles. The molecular formula is C21H25N3O4. The minimum Gasteiger partial charge on any atom is -0.445 e. The van der Waals surface area contributed by atoms with Crippen LogP contribution in [0.1, 0.15) is 24.0 Å². The van der Waals surface area contributed by atoms with Crippen molar-refractivity contribution < 1.29 is 19.1 Å². The molecule has 0 saturated heterocycles. The van der Waals surface area contributed by atoms with Crippen molar-refractivity contribution in [2.45, 2.75) is 31.9 Å². The van der Waals surface area contributed by atoms with Gasteiger partial charge in [0.2, 0.25) is 11.8 Å². The number of nitrogens with two attached hydrogens (primary N) is 1. The van der Waals surface area contributed by atoms with Gasteiger partial charge in [0.1, 0.15) is 19.2 Å². The lowest BCUT2D eigenvalue weighted by Gasteiger charge is -2.15. The zero-order chi connectivity index (χ0) is 20.2. The maximum atomic E-state index is 12.0. The van der Waals surface area contributed by atoms with Crippen molar-refractivity contribution >= 4 is 17.9 Å². The molecule has 0 aliphatic rings. The molecule has 0 fully saturated rings. The molecule has 4 N–H and O–H groups in total. The molecule has 0 spiro atoms. The van der Waals surface area contributed by atoms with Crippen molar-refractivity contribution in [1.82, 2.24) is 10.6 Å². The highest BCUT2D eigenvalue weighted by molar-refractivity contribution is 5.88. The molecule has 0 aliphatic carbocycles. The van der Waals surface area contributed by atoms with Crippen molar-refractivity contribution in [3.8, 4) is 0 Å². The number of hydrogen-bond acceptors (Lipinski definition) is 4. The van der Waals surface area contributed by atoms with Crippen LogP contribution in [0.4, 0.5) is 4.79 Å². The molecule has 0 aromatic heterocycles. The molecule has 3 amide bonds. The van der Waals surface area contributed by atoms with Crippen LogP contribution in [-0.4, -0.2) is 30.5 Å². The van der Waals surface area contributed by atoms with Crippen LogP contribution in [0.15, 0.2) is 60.7 Å². The van der Waals surface area contributed by atoms with Gasteiger partial charge >= 0.3 is 6.09 Å². The van der Waals surface area contributed by atoms with E-state index in [9.17, 15) is 14.4 Å². The van der Waals surface area contributed by atoms with Gasteiger partial charge in [0.15, 0.2) is 0 Å². The molecule has 2 aromatic rings. The zero-order valence-electron chi connectivity index (χ0n) is 15.6. The Bertz CT molecular complexity index is 766. The van der Waals surface area contributed by atoms with Gasteiger partial charge in [0.05, 0.1) is 0 Å². The second-order valence-corrected chi connectivity index (χ2v) is 6.32. The summed E-state index contributed by atoms with van der Waals surface area (Å²) in [5.74, 6) is -1.10. The Labute approximate surface area is 164 Å². The number of carbonyl (C=O) groups excluding carboxylic acids is 3. The summed E-state index contributed by atoms with van der Waals surface area (Å²) in [4.78, 5) is 35.2. The summed E-state index contributed by atoms with van der Waals surface area (Å²) in [7, 11) is 0. The fourth-order valence-corrected chi connectivity index (χ4v) is 2.61. The largest absolute Gasteiger partial charge is 0.445 e. The Balaban J connectivity index is 1.68. The number of ether oxygens (including phenoxy) is 1. The van der Waals surface area contributed by atoms with E-state index in [0.29, 0.717) is 12.8 Å². The maximum absolute atomic E-state index is 12.0. The number of benzene rings is 2. The van der Waals surface area contributed by atoms with E-state index in [2.05, 4.69) is 10.6 Å². The SMILES string of the molecule is NC(=O)[C@@H](CCCc1ccccc1)NC(=O)CNC(=O)OCc1ccccc1. The number of carbonyl (C=O) groups is 3. The fourth-order valence-electron chi connectivity index (χ4n) is 2.61. The molecule has 0 bridgehead atoms. The van der Waals surface area contributed by atoms with E-state index < -0.39 is 23.9 Å². The molecule has 28 heavy (non-hydrogen) atoms. The predicted octanol–water partition coefficient (Wildman–Crippen LogP) is 1.91. The van der Waals surface area contributed by atoms with Crippen LogP contribution in [0.25, 0.3) is 0 Å². The Hall–Kier alpha value is -3.35. The summed E-state index contributed by atoms with van der Waals surface area (Å²) in [6.07, 6.45) is 1.20. The standard InChI is InChI=1S/C21H25N3O4/c22-20(26)18(13-7-12-16-8-3-1-4-9-16)24-19(25)14-23-21(27)28-15-17-10-5-2-6-11-17/h1-6,8-11,18H,7,12-15H2,(H2,22,26)(H,23,27)(H,24,25)/t18-/m1/s1. The number of nitrogens with one attached hydrogen (secondary N) is 2. The minimum atomic E-state index is -0.779. The average molecular weight is 383 g/mol. The third-order valence-electron chi connectivity index (χ3n) is 4.09. The lowest BCUT2D eigenvalue weighted by atomic mass is 10.0. The number of hydrogen-bond donors (Lipinski definition) is 3. The molecule has 7 heteroatoms. The third-order valence-corrected chi connectivity index (χ3v) is 4.09. The van der Waals surface area contributed by atoms with E-state index in [1.807, 2.05) is 60.7 Å². The Morgan fingerprint density at radius 3 is 2.14 bits per heavy atom. The third kappa shape index (κ3) is 7.90. The lowest BCUT2D eigenvalue weighted by Crippen LogP contribution is -2.48. The molecule has 2 aromatic carbocycles. The number of primary amides is 1. The Kier molecular flexibility index (Phi) is 8.52. The van der Waals surface area contributed by atoms with Gasteiger partial charge in [-0.1, -0.05) is 60.7 Å². The fraction of sp³-hybridized carbons (Fsp3) is 0.286. The minimum absolute atomic E-state index is 0.109. The van der Waals surface area contributed by atoms with E-state index in [1.54, 1.807) is 0 Å². The van der Waals surface area contributed by atoms with Crippen LogP contribution < -0.4 is 16.4 Å². The zero-order valence-corrected chi connectivity index (χ0v) is 15.6. The van der Waals surface area contributed by atoms with Crippen molar-refractivity contribution in [1.29, 1.82) is 0 Å². The van der Waals surface area contributed by atoms with Crippen LogP contribution in [0, 0.1) is 0 Å². The first kappa shape index (κ1) is 21.0. The van der Waals surface area contributed by atoms with Gasteiger partial charge in [-0.2, -0.15) is 0 Å². The molecular weight excluding hydrogens is 358 g/mol. The summed E-state index contributed by atoms with van der Waals surface area (Å²) in [6, 6.07) is 18.3. The summed E-state index contributed by atoms with van der Waals surface area (Å²) >= 11 is 0. The van der Waals surface area contributed by atoms with Crippen LogP contribution in [0.3, 0.4) is 0 Å². The van der Waals surface area contributed by atoms with E-state index in [4.69, 9.17) is 10.5 Å². The normalized spacial score (nSPS) is 11.3. The number of rotatable bonds is 10. The van der Waals surface area contributed by atoms with Gasteiger partial charge < -0.3 is 21.1 Å². The second kappa shape index (κ2) is 11.4. The smallest absolute Gasteiger partial charge is 0.407 e. The van der Waals surface area contributed by atoms with Gasteiger partial charge in [-0.15, -0.1) is 0 Å². The molecule has 148 valence electrons. The van der Waals surface area contributed by atoms with Gasteiger partial charge in [0.25, 0.3) is 0 Å². The van der Waals surface area contributed by atoms with Crippen LogP contribution >= 0.6 is 0 Å². The van der Waals surface area contributed by atoms with E-state index in [-0.39, 0.29) is 13.2 Å². The van der Waals surface area contributed by atoms with Crippen molar-refractivity contribution in [2.24, 2.45) is 5.73 Å². The highest BCUT2D eigenvalue weighted by Crippen LogP contribution is 2.06. The molecule has 1 atom stereocenters. The van der Waals surface area contributed by atoms with Gasteiger partial charge in [0, 0.05) is 0 Å². The molecule has 0 saturated carbocycles. The average Bonchev–Trinajstić information content (AvgIpc) is 2.71. The van der Waals surface area contributed by atoms with Crippen molar-refractivity contribution in [3.63, 3.8) is 0 Å². The molecule has 0 heterocycles. The quantitative estimate of drug-likeness (QED) is 0.582. The summed E-state index contributed by atoms with van der Waals surface area (Å²) in [5.41, 5.74) is 7.36. The highest BCUT2D eigenvalue weighted by atomic mass is 16.5. The monoisotopic (exact) mass is 383 g/mol. The molecule has 2 rings (SSSR count). The summed E-state index contributed by atoms with van der Waals surface area (Å²) < 4.78 is 5.02. The molecule has 0 unspecified atom stereocenters. The highest BCUT2D eigenvalue weighted by Gasteiger charge is 2.18. The van der Waals surface area contributed by atoms with Crippen LogP contribution in [0.5, 0.6) is 0 Å². The molecule has 7 nitrogen and oxygen atoms in total. The summed E-state index contributed by atoms with van der Waals surface area (Å²) in [5, 5.41) is 4.90. The van der Waals surface area contributed by atoms with Crippen LogP contribution in [0.2, 0.25) is 0 Å². The predicted molar refractivity (Wildman–Crippen MR) is 105 cm³/mol. The second-order valence-electron chi connectivity index (χ2n) is 6.32. The first-order chi connectivity index (χ1) is 13.5. The Morgan fingerprint density at radius 2 is 1.54 bits per heavy atom. The van der Waals surface area contributed by atoms with Gasteiger partial charge in [-0.05, 0) is 30.4 Å². The topological polar surface area (TPSA) is 111 Å². The maximum Gasteiger partial charge on any atom is 0.407 e. The molecule has 0 radical (unpaired) electrons. The van der Waals surface area contributed by atoms with E-state index >= 15 is 0 Å². The van der Waals surface area contributed by atoms with Gasteiger partial charge in [-0.25, -0.2) is 4.79 Å². The number of aryl methyl sites for hydroxylation is 1. The number of alkyl carbamates (subject to hydrolysis) is 1. The van der Waals surface area contributed by atoms with Crippen molar-refractivity contribution in [3.05, 3.63) is 71.8 Å². The first-order valence-corrected chi connectivity index (χ1v) is 9.12. The first-order valence-electron chi connectivity index (χ1n) is 9.12. The number of amides is 3. The van der Waals surface area contributed by atoms with Crippen molar-refractivity contribution in [2.75, 3.05) is 6.54 Å².